The van der Waals surface area contributed by atoms with Crippen molar-refractivity contribution in [3.63, 3.8) is 0 Å². The van der Waals surface area contributed by atoms with Gasteiger partial charge in [-0.1, -0.05) is 25.8 Å². The Morgan fingerprint density at radius 2 is 1.75 bits per heavy atom. The Kier molecular flexibility index (Phi) is 8.87. The van der Waals surface area contributed by atoms with Crippen LogP contribution in [0.15, 0.2) is 0 Å². The lowest BCUT2D eigenvalue weighted by Crippen LogP contribution is -2.41. The number of amides is 1. The van der Waals surface area contributed by atoms with Gasteiger partial charge in [-0.2, -0.15) is 0 Å². The van der Waals surface area contributed by atoms with E-state index in [1.807, 2.05) is 16.8 Å². The Morgan fingerprint density at radius 3 is 2.33 bits per heavy atom. The second-order valence-corrected chi connectivity index (χ2v) is 8.08. The van der Waals surface area contributed by atoms with Crippen LogP contribution in [0.3, 0.4) is 0 Å². The summed E-state index contributed by atoms with van der Waals surface area (Å²) < 4.78 is 13.8. The SMILES string of the molecule is CSN1CCC(OCCOCC(=O)N2CCC(C(C)C)CC2)CC1. The van der Waals surface area contributed by atoms with E-state index in [9.17, 15) is 4.79 Å². The number of carbonyl (C=O) groups excluding carboxylic acids is 1. The van der Waals surface area contributed by atoms with E-state index in [1.165, 1.54) is 0 Å². The summed E-state index contributed by atoms with van der Waals surface area (Å²) >= 11 is 1.81. The quantitative estimate of drug-likeness (QED) is 0.493. The molecule has 0 aromatic heterocycles. The van der Waals surface area contributed by atoms with Crippen LogP contribution in [0.4, 0.5) is 0 Å². The number of carbonyl (C=O) groups is 1. The molecule has 2 aliphatic rings. The second kappa shape index (κ2) is 10.6. The molecule has 2 heterocycles. The van der Waals surface area contributed by atoms with Gasteiger partial charge in [-0.3, -0.25) is 9.10 Å². The van der Waals surface area contributed by atoms with Crippen molar-refractivity contribution in [2.24, 2.45) is 11.8 Å². The summed E-state index contributed by atoms with van der Waals surface area (Å²) in [6.45, 7) is 9.80. The number of nitrogens with zero attached hydrogens (tertiary/aromatic N) is 2. The smallest absolute Gasteiger partial charge is 0.248 e. The third kappa shape index (κ3) is 6.54. The Hall–Kier alpha value is -0.300. The minimum atomic E-state index is 0.130. The second-order valence-electron chi connectivity index (χ2n) is 7.20. The molecule has 0 saturated carbocycles. The van der Waals surface area contributed by atoms with Gasteiger partial charge in [0.25, 0.3) is 0 Å². The molecule has 5 nitrogen and oxygen atoms in total. The van der Waals surface area contributed by atoms with Crippen molar-refractivity contribution >= 4 is 17.9 Å². The average molecular weight is 359 g/mol. The van der Waals surface area contributed by atoms with Crippen LogP contribution in [-0.2, 0) is 14.3 Å². The lowest BCUT2D eigenvalue weighted by Gasteiger charge is -2.33. The highest BCUT2D eigenvalue weighted by atomic mass is 32.2. The molecule has 0 aromatic rings. The van der Waals surface area contributed by atoms with E-state index in [0.717, 1.165) is 63.7 Å². The van der Waals surface area contributed by atoms with Crippen LogP contribution in [0.25, 0.3) is 0 Å². The maximum Gasteiger partial charge on any atom is 0.248 e. The van der Waals surface area contributed by atoms with Crippen molar-refractivity contribution in [3.8, 4) is 0 Å². The molecule has 140 valence electrons. The van der Waals surface area contributed by atoms with Gasteiger partial charge in [-0.05, 0) is 43.8 Å². The highest BCUT2D eigenvalue weighted by molar-refractivity contribution is 7.96. The monoisotopic (exact) mass is 358 g/mol. The lowest BCUT2D eigenvalue weighted by molar-refractivity contribution is -0.138. The molecule has 0 N–H and O–H groups in total. The van der Waals surface area contributed by atoms with E-state index >= 15 is 0 Å². The molecule has 2 saturated heterocycles. The molecule has 2 rings (SSSR count). The predicted octanol–water partition coefficient (Wildman–Crippen LogP) is 2.66. The van der Waals surface area contributed by atoms with Gasteiger partial charge in [0.05, 0.1) is 19.3 Å². The van der Waals surface area contributed by atoms with E-state index in [-0.39, 0.29) is 12.5 Å². The van der Waals surface area contributed by atoms with Crippen molar-refractivity contribution in [1.29, 1.82) is 0 Å². The minimum Gasteiger partial charge on any atom is -0.376 e. The average Bonchev–Trinajstić information content (AvgIpc) is 2.62. The first-order valence-electron chi connectivity index (χ1n) is 9.36. The Balaban J connectivity index is 1.49. The van der Waals surface area contributed by atoms with Gasteiger partial charge in [0, 0.05) is 26.2 Å². The summed E-state index contributed by atoms with van der Waals surface area (Å²) in [5.41, 5.74) is 0. The van der Waals surface area contributed by atoms with Crippen LogP contribution >= 0.6 is 11.9 Å². The van der Waals surface area contributed by atoms with Crippen LogP contribution in [0, 0.1) is 11.8 Å². The maximum atomic E-state index is 12.2. The molecule has 0 atom stereocenters. The zero-order valence-electron chi connectivity index (χ0n) is 15.5. The molecule has 2 fully saturated rings. The first kappa shape index (κ1) is 20.0. The third-order valence-corrected chi connectivity index (χ3v) is 6.18. The molecular weight excluding hydrogens is 324 g/mol. The van der Waals surface area contributed by atoms with Gasteiger partial charge in [-0.15, -0.1) is 0 Å². The van der Waals surface area contributed by atoms with E-state index in [4.69, 9.17) is 9.47 Å². The molecule has 0 aromatic carbocycles. The molecule has 6 heteroatoms. The number of piperidine rings is 2. The van der Waals surface area contributed by atoms with Crippen LogP contribution in [-0.4, -0.2) is 73.5 Å². The largest absolute Gasteiger partial charge is 0.376 e. The molecule has 0 unspecified atom stereocenters. The number of likely N-dealkylation sites (tertiary alicyclic amines) is 1. The Labute approximate surface area is 151 Å². The van der Waals surface area contributed by atoms with Gasteiger partial charge < -0.3 is 14.4 Å². The number of rotatable bonds is 8. The predicted molar refractivity (Wildman–Crippen MR) is 99.0 cm³/mol. The first-order chi connectivity index (χ1) is 11.6. The van der Waals surface area contributed by atoms with Crippen LogP contribution < -0.4 is 0 Å². The van der Waals surface area contributed by atoms with Gasteiger partial charge >= 0.3 is 0 Å². The standard InChI is InChI=1S/C18H34N2O3S/c1-15(2)16-4-8-19(9-5-16)18(21)14-22-12-13-23-17-6-10-20(24-3)11-7-17/h15-17H,4-14H2,1-3H3. The summed E-state index contributed by atoms with van der Waals surface area (Å²) in [6.07, 6.45) is 6.90. The molecule has 24 heavy (non-hydrogen) atoms. The number of hydrogen-bond acceptors (Lipinski definition) is 5. The van der Waals surface area contributed by atoms with Gasteiger partial charge in [-0.25, -0.2) is 0 Å². The lowest BCUT2D eigenvalue weighted by atomic mass is 9.87. The molecular formula is C18H34N2O3S. The summed E-state index contributed by atoms with van der Waals surface area (Å²) in [6, 6.07) is 0. The van der Waals surface area contributed by atoms with E-state index in [2.05, 4.69) is 24.4 Å². The zero-order chi connectivity index (χ0) is 17.4. The zero-order valence-corrected chi connectivity index (χ0v) is 16.4. The van der Waals surface area contributed by atoms with Crippen LogP contribution in [0.5, 0.6) is 0 Å². The fourth-order valence-corrected chi connectivity index (χ4v) is 4.10. The fraction of sp³-hybridized carbons (Fsp3) is 0.944. The molecule has 0 bridgehead atoms. The van der Waals surface area contributed by atoms with Crippen molar-refractivity contribution in [1.82, 2.24) is 9.21 Å². The molecule has 0 radical (unpaired) electrons. The number of ether oxygens (including phenoxy) is 2. The molecule has 0 aliphatic carbocycles. The summed E-state index contributed by atoms with van der Waals surface area (Å²) in [5.74, 6) is 1.62. The van der Waals surface area contributed by atoms with Crippen molar-refractivity contribution < 1.29 is 14.3 Å². The third-order valence-electron chi connectivity index (χ3n) is 5.30. The summed E-state index contributed by atoms with van der Waals surface area (Å²) in [7, 11) is 0. The molecule has 1 amide bonds. The highest BCUT2D eigenvalue weighted by Gasteiger charge is 2.24. The van der Waals surface area contributed by atoms with Crippen LogP contribution in [0.1, 0.15) is 39.5 Å². The van der Waals surface area contributed by atoms with Crippen molar-refractivity contribution in [2.45, 2.75) is 45.6 Å². The summed E-state index contributed by atoms with van der Waals surface area (Å²) in [5, 5.41) is 0. The highest BCUT2D eigenvalue weighted by Crippen LogP contribution is 2.24. The maximum absolute atomic E-state index is 12.2. The van der Waals surface area contributed by atoms with E-state index in [1.54, 1.807) is 0 Å². The van der Waals surface area contributed by atoms with E-state index in [0.29, 0.717) is 19.3 Å². The first-order valence-corrected chi connectivity index (χ1v) is 10.5. The van der Waals surface area contributed by atoms with Crippen molar-refractivity contribution in [3.05, 3.63) is 0 Å². The normalized spacial score (nSPS) is 21.6. The fourth-order valence-electron chi connectivity index (χ4n) is 3.52. The van der Waals surface area contributed by atoms with Gasteiger partial charge in [0.15, 0.2) is 0 Å². The number of hydrogen-bond donors (Lipinski definition) is 0. The van der Waals surface area contributed by atoms with Crippen molar-refractivity contribution in [2.75, 3.05) is 52.3 Å². The minimum absolute atomic E-state index is 0.130. The Bertz CT molecular complexity index is 365. The van der Waals surface area contributed by atoms with Crippen LogP contribution in [0.2, 0.25) is 0 Å². The topological polar surface area (TPSA) is 42.0 Å². The van der Waals surface area contributed by atoms with Gasteiger partial charge in [0.2, 0.25) is 5.91 Å². The summed E-state index contributed by atoms with van der Waals surface area (Å²) in [4.78, 5) is 14.1. The molecule has 0 spiro atoms. The Morgan fingerprint density at radius 1 is 1.08 bits per heavy atom. The van der Waals surface area contributed by atoms with E-state index < -0.39 is 0 Å². The molecule has 2 aliphatic heterocycles. The van der Waals surface area contributed by atoms with Gasteiger partial charge in [0.1, 0.15) is 6.61 Å².